The molecule has 0 spiro atoms. The molecule has 10 heteroatoms. The Morgan fingerprint density at radius 1 is 0.528 bits per heavy atom. The first-order valence-electron chi connectivity index (χ1n) is 11.0. The van der Waals surface area contributed by atoms with Gasteiger partial charge in [-0.1, -0.05) is 65.4 Å². The quantitative estimate of drug-likeness (QED) is 0.104. The van der Waals surface area contributed by atoms with Crippen LogP contribution in [-0.2, 0) is 0 Å². The number of rotatable bonds is 6. The fourth-order valence-electron chi connectivity index (χ4n) is 3.06. The summed E-state index contributed by atoms with van der Waals surface area (Å²) >= 11 is 14.1. The van der Waals surface area contributed by atoms with Crippen LogP contribution in [0.5, 0.6) is 0 Å². The maximum atomic E-state index is 2.70. The van der Waals surface area contributed by atoms with Crippen LogP contribution in [0.2, 0.25) is 11.4 Å². The summed E-state index contributed by atoms with van der Waals surface area (Å²) in [5.74, 6) is 0. The molecule has 0 saturated carbocycles. The molecular weight excluding hydrogens is 1280 g/mol. The molecule has 0 fully saturated rings. The zero-order valence-electron chi connectivity index (χ0n) is 19.5. The van der Waals surface area contributed by atoms with E-state index in [1.54, 1.807) is 8.79 Å². The Hall–Kier alpha value is 2.78. The summed E-state index contributed by atoms with van der Waals surface area (Å²) < 4.78 is 4.39. The molecule has 0 bridgehead atoms. The minimum absolute atomic E-state index is 0.108. The fraction of sp³-hybridized carbons (Fsp3) is 0.0769. The van der Waals surface area contributed by atoms with Gasteiger partial charge in [0.2, 0.25) is 0 Å². The minimum atomic E-state index is -1.35. The van der Waals surface area contributed by atoms with Crippen molar-refractivity contribution in [3.8, 4) is 0 Å². The van der Waals surface area contributed by atoms with E-state index in [-0.39, 0.29) is 15.4 Å². The molecule has 0 amide bonds. The van der Waals surface area contributed by atoms with Gasteiger partial charge in [0.1, 0.15) is 0 Å². The van der Waals surface area contributed by atoms with Gasteiger partial charge in [-0.05, 0) is 6.55 Å². The van der Waals surface area contributed by atoms with Gasteiger partial charge in [-0.25, -0.2) is 0 Å². The van der Waals surface area contributed by atoms with Gasteiger partial charge in [0.15, 0.2) is 0 Å². The number of halogens is 6. The van der Waals surface area contributed by atoms with Crippen LogP contribution in [0.15, 0.2) is 121 Å². The van der Waals surface area contributed by atoms with Gasteiger partial charge in [-0.2, -0.15) is 0 Å². The first-order valence-corrected chi connectivity index (χ1v) is 40.1. The van der Waals surface area contributed by atoms with Crippen molar-refractivity contribution in [1.29, 1.82) is 0 Å². The van der Waals surface area contributed by atoms with Crippen LogP contribution in [0.25, 0.3) is 0 Å². The maximum absolute atomic E-state index is 2.70. The third-order valence-electron chi connectivity index (χ3n) is 4.46. The average Bonchev–Trinajstić information content (AvgIpc) is 2.84. The van der Waals surface area contributed by atoms with E-state index in [0.29, 0.717) is 0 Å². The fourth-order valence-corrected chi connectivity index (χ4v) is 32.2. The van der Waals surface area contributed by atoms with Gasteiger partial charge in [-0.15, -0.1) is 0 Å². The summed E-state index contributed by atoms with van der Waals surface area (Å²) in [6.07, 6.45) is 0. The normalized spacial score (nSPS) is 11.1. The summed E-state index contributed by atoms with van der Waals surface area (Å²) in [6.45, 7) is 2.29. The molecule has 0 nitrogen and oxygen atoms in total. The van der Waals surface area contributed by atoms with E-state index in [0.717, 1.165) is 0 Å². The summed E-state index contributed by atoms with van der Waals surface area (Å²) in [5, 5.41) is 0. The van der Waals surface area contributed by atoms with Crippen molar-refractivity contribution in [2.45, 2.75) is 11.4 Å². The van der Waals surface area contributed by atoms with Crippen molar-refractivity contribution >= 4 is 179 Å². The molecule has 0 unspecified atom stereocenters. The van der Waals surface area contributed by atoms with E-state index in [1.807, 2.05) is 0 Å². The van der Waals surface area contributed by atoms with Crippen molar-refractivity contribution in [3.05, 3.63) is 121 Å². The van der Waals surface area contributed by atoms with E-state index < -0.39 is 15.5 Å². The molecule has 0 aliphatic carbocycles. The Kier molecular flexibility index (Phi) is 18.5. The third-order valence-corrected chi connectivity index (χ3v) is 34.7. The predicted octanol–water partition coefficient (Wildman–Crippen LogP) is 8.28. The molecule has 0 N–H and O–H groups in total. The van der Waals surface area contributed by atoms with Crippen LogP contribution >= 0.6 is 131 Å². The summed E-state index contributed by atoms with van der Waals surface area (Å²) in [6, 6.07) is 43.7. The Balaban J connectivity index is 0.000000221. The van der Waals surface area contributed by atoms with E-state index in [4.69, 9.17) is 0 Å². The Morgan fingerprint density at radius 3 is 1.08 bits per heavy atom. The van der Waals surface area contributed by atoms with Crippen LogP contribution in [0, 0.1) is 0 Å². The number of hydrogen-bond acceptors (Lipinski definition) is 0. The monoisotopic (exact) mass is 1300 g/mol. The van der Waals surface area contributed by atoms with Crippen molar-refractivity contribution in [3.63, 3.8) is 0 Å². The van der Waals surface area contributed by atoms with Crippen molar-refractivity contribution in [2.75, 3.05) is 0 Å². The molecular formula is C26H25Ge2I6Si2. The topological polar surface area (TPSA) is 0 Å². The first kappa shape index (κ1) is 35.0. The summed E-state index contributed by atoms with van der Waals surface area (Å²) in [7, 11) is 0. The Bertz CT molecular complexity index is 1030. The van der Waals surface area contributed by atoms with Gasteiger partial charge in [-0.3, -0.25) is 0 Å². The number of benzene rings is 4. The van der Waals surface area contributed by atoms with Crippen molar-refractivity contribution < 1.29 is 0 Å². The van der Waals surface area contributed by atoms with Crippen molar-refractivity contribution in [1.82, 2.24) is 0 Å². The second kappa shape index (κ2) is 19.1. The SMILES string of the molecule is C[Si](I)(I)I.I[Si](I)(I)[CH2][Ge]([c]1ccccc1)[c]1ccccc1.c1cc[c]([Ge][c]2ccccc2)cc1. The molecule has 4 aromatic carbocycles. The van der Waals surface area contributed by atoms with Crippen LogP contribution in [0.1, 0.15) is 0 Å². The molecule has 0 aliphatic rings. The zero-order valence-corrected chi connectivity index (χ0v) is 38.7. The van der Waals surface area contributed by atoms with E-state index in [9.17, 15) is 0 Å². The van der Waals surface area contributed by atoms with Crippen LogP contribution in [0.4, 0.5) is 0 Å². The van der Waals surface area contributed by atoms with Crippen molar-refractivity contribution in [2.24, 2.45) is 0 Å². The summed E-state index contributed by atoms with van der Waals surface area (Å²) in [5.41, 5.74) is 0. The molecule has 0 atom stereocenters. The molecule has 3 radical (unpaired) electrons. The summed E-state index contributed by atoms with van der Waals surface area (Å²) in [4.78, 5) is 1.43. The van der Waals surface area contributed by atoms with E-state index >= 15 is 0 Å². The van der Waals surface area contributed by atoms with Gasteiger partial charge in [0.25, 0.3) is 0.564 Å². The van der Waals surface area contributed by atoms with Gasteiger partial charge in [0.05, 0.1) is 0 Å². The predicted molar refractivity (Wildman–Crippen MR) is 222 cm³/mol. The molecule has 0 saturated heterocycles. The van der Waals surface area contributed by atoms with Crippen LogP contribution < -0.4 is 17.6 Å². The third kappa shape index (κ3) is 17.6. The molecule has 187 valence electrons. The second-order valence-electron chi connectivity index (χ2n) is 7.64. The molecule has 4 rings (SSSR count). The number of hydrogen-bond donors (Lipinski definition) is 0. The van der Waals surface area contributed by atoms with Crippen LogP contribution in [0.3, 0.4) is 0 Å². The average molecular weight is 1300 g/mol. The van der Waals surface area contributed by atoms with Gasteiger partial charge in [0, 0.05) is 0 Å². The van der Waals surface area contributed by atoms with Gasteiger partial charge < -0.3 is 0 Å². The second-order valence-corrected chi connectivity index (χ2v) is 93.5. The first-order chi connectivity index (χ1) is 17.0. The van der Waals surface area contributed by atoms with Crippen LogP contribution in [-0.4, -0.2) is 30.9 Å². The Morgan fingerprint density at radius 2 is 0.806 bits per heavy atom. The van der Waals surface area contributed by atoms with Gasteiger partial charge >= 0.3 is 240 Å². The molecule has 36 heavy (non-hydrogen) atoms. The molecule has 0 heterocycles. The molecule has 0 aliphatic heterocycles. The standard InChI is InChI=1S/C13H12GeI3Si.C12H10Ge.CH3I3Si/c15-18(16,17)11-14(12-7-3-1-4-8-12)13-9-5-2-6-10-13;1-3-7-11(8-4-1)13-12-9-5-2-6-10-12;1-5(2,3)4/h1-10H,11H2;1-10H;1H3. The Labute approximate surface area is 306 Å². The van der Waals surface area contributed by atoms with E-state index in [2.05, 4.69) is 259 Å². The zero-order chi connectivity index (χ0) is 26.4. The molecule has 0 aromatic heterocycles. The van der Waals surface area contributed by atoms with E-state index in [1.165, 1.54) is 13.7 Å². The molecule has 4 aromatic rings.